The molecule has 0 bridgehead atoms. The molecule has 0 fully saturated rings. The second-order valence-corrected chi connectivity index (χ2v) is 5.92. The Morgan fingerprint density at radius 1 is 1.24 bits per heavy atom. The summed E-state index contributed by atoms with van der Waals surface area (Å²) in [5, 5.41) is 0. The minimum atomic E-state index is -3.55. The maximum absolute atomic E-state index is 11.1. The highest BCUT2D eigenvalue weighted by molar-refractivity contribution is 7.86. The Morgan fingerprint density at radius 2 is 1.95 bits per heavy atom. The normalized spacial score (nSPS) is 11.7. The first-order valence-electron chi connectivity index (χ1n) is 5.85. The predicted molar refractivity (Wildman–Crippen MR) is 74.5 cm³/mol. The van der Waals surface area contributed by atoms with E-state index in [9.17, 15) is 13.2 Å². The Labute approximate surface area is 119 Å². The highest BCUT2D eigenvalue weighted by Crippen LogP contribution is 2.22. The lowest BCUT2D eigenvalue weighted by Gasteiger charge is -2.03. The van der Waals surface area contributed by atoms with Crippen LogP contribution in [0.15, 0.2) is 41.6 Å². The maximum Gasteiger partial charge on any atom is 0.349 e. The molecule has 0 aliphatic carbocycles. The molecule has 1 aromatic carbocycles. The van der Waals surface area contributed by atoms with Gasteiger partial charge in [-0.2, -0.15) is 13.4 Å². The van der Waals surface area contributed by atoms with Gasteiger partial charge in [0.15, 0.2) is 0 Å². The van der Waals surface area contributed by atoms with E-state index in [0.29, 0.717) is 11.5 Å². The van der Waals surface area contributed by atoms with Gasteiger partial charge in [-0.25, -0.2) is 9.78 Å². The summed E-state index contributed by atoms with van der Waals surface area (Å²) in [6, 6.07) is 6.41. The minimum Gasteiger partial charge on any atom is -0.383 e. The fraction of sp³-hybridized carbons (Fsp3) is 0.0833. The lowest BCUT2D eigenvalue weighted by atomic mass is 10.2. The van der Waals surface area contributed by atoms with E-state index in [1.807, 2.05) is 0 Å². The van der Waals surface area contributed by atoms with Gasteiger partial charge < -0.3 is 4.18 Å². The fourth-order valence-corrected chi connectivity index (χ4v) is 2.27. The van der Waals surface area contributed by atoms with Crippen molar-refractivity contribution in [1.82, 2.24) is 19.4 Å². The van der Waals surface area contributed by atoms with Crippen molar-refractivity contribution in [3.05, 3.63) is 47.3 Å². The number of rotatable bonds is 3. The van der Waals surface area contributed by atoms with Crippen molar-refractivity contribution in [1.29, 1.82) is 0 Å². The van der Waals surface area contributed by atoms with Gasteiger partial charge in [-0.05, 0) is 24.3 Å². The van der Waals surface area contributed by atoms with Crippen LogP contribution in [-0.2, 0) is 10.1 Å². The van der Waals surface area contributed by atoms with Gasteiger partial charge >= 0.3 is 15.8 Å². The Kier molecular flexibility index (Phi) is 2.98. The molecule has 2 heterocycles. The van der Waals surface area contributed by atoms with Crippen LogP contribution < -0.4 is 9.87 Å². The van der Waals surface area contributed by atoms with E-state index in [1.54, 1.807) is 22.7 Å². The number of imidazole rings is 1. The molecule has 0 aliphatic rings. The summed E-state index contributed by atoms with van der Waals surface area (Å²) in [5.41, 5.74) is 0.890. The quantitative estimate of drug-likeness (QED) is 0.703. The van der Waals surface area contributed by atoms with Gasteiger partial charge in [0, 0.05) is 11.8 Å². The summed E-state index contributed by atoms with van der Waals surface area (Å²) in [6.07, 6.45) is 4.04. The molecular formula is C12H10N4O4S. The number of H-pyrrole nitrogens is 1. The van der Waals surface area contributed by atoms with Crippen molar-refractivity contribution >= 4 is 15.9 Å². The zero-order valence-corrected chi connectivity index (χ0v) is 11.7. The van der Waals surface area contributed by atoms with Crippen LogP contribution in [0.3, 0.4) is 0 Å². The summed E-state index contributed by atoms with van der Waals surface area (Å²) < 4.78 is 28.4. The predicted octanol–water partition coefficient (Wildman–Crippen LogP) is 0.423. The van der Waals surface area contributed by atoms with Gasteiger partial charge in [0.1, 0.15) is 12.1 Å². The minimum absolute atomic E-state index is 0.222. The SMILES string of the molecule is CS(=O)(=O)Oc1ccc(-c2cn3cnc(=O)[nH]c3n2)cc1. The van der Waals surface area contributed by atoms with Crippen LogP contribution in [0.1, 0.15) is 0 Å². The van der Waals surface area contributed by atoms with Crippen LogP contribution in [-0.4, -0.2) is 34.0 Å². The monoisotopic (exact) mass is 306 g/mol. The number of hydrogen-bond donors (Lipinski definition) is 1. The fourth-order valence-electron chi connectivity index (χ4n) is 1.81. The number of benzene rings is 1. The standard InChI is InChI=1S/C12H10N4O4S/c1-21(18,19)20-9-4-2-8(3-5-9)10-6-16-7-13-12(17)15-11(16)14-10/h2-7H,1H3,(H,14,15,17). The van der Waals surface area contributed by atoms with Crippen LogP contribution in [0.2, 0.25) is 0 Å². The van der Waals surface area contributed by atoms with E-state index >= 15 is 0 Å². The van der Waals surface area contributed by atoms with Crippen LogP contribution in [0.4, 0.5) is 0 Å². The summed E-state index contributed by atoms with van der Waals surface area (Å²) >= 11 is 0. The van der Waals surface area contributed by atoms with Gasteiger partial charge in [0.2, 0.25) is 5.78 Å². The van der Waals surface area contributed by atoms with Crippen molar-refractivity contribution < 1.29 is 12.6 Å². The van der Waals surface area contributed by atoms with Crippen molar-refractivity contribution in [3.8, 4) is 17.0 Å². The van der Waals surface area contributed by atoms with Crippen molar-refractivity contribution in [3.63, 3.8) is 0 Å². The number of nitrogens with one attached hydrogen (secondary N) is 1. The molecule has 0 saturated heterocycles. The third-order valence-corrected chi connectivity index (χ3v) is 3.14. The summed E-state index contributed by atoms with van der Waals surface area (Å²) in [6.45, 7) is 0. The van der Waals surface area contributed by atoms with Crippen LogP contribution in [0.25, 0.3) is 17.0 Å². The summed E-state index contributed by atoms with van der Waals surface area (Å²) in [4.78, 5) is 21.5. The Hall–Kier alpha value is -2.68. The first kappa shape index (κ1) is 13.3. The third-order valence-electron chi connectivity index (χ3n) is 2.65. The van der Waals surface area contributed by atoms with Crippen molar-refractivity contribution in [2.75, 3.05) is 6.26 Å². The molecule has 1 N–H and O–H groups in total. The first-order chi connectivity index (χ1) is 9.90. The van der Waals surface area contributed by atoms with E-state index < -0.39 is 15.8 Å². The van der Waals surface area contributed by atoms with Crippen LogP contribution in [0, 0.1) is 0 Å². The molecule has 9 heteroatoms. The first-order valence-corrected chi connectivity index (χ1v) is 7.66. The number of fused-ring (bicyclic) bond motifs is 1. The second-order valence-electron chi connectivity index (χ2n) is 4.34. The number of nitrogens with zero attached hydrogens (tertiary/aromatic N) is 3. The van der Waals surface area contributed by atoms with Crippen molar-refractivity contribution in [2.24, 2.45) is 0 Å². The molecule has 2 aromatic heterocycles. The molecule has 108 valence electrons. The molecule has 0 amide bonds. The number of hydrogen-bond acceptors (Lipinski definition) is 6. The molecule has 0 spiro atoms. The molecule has 3 aromatic rings. The molecule has 0 aliphatic heterocycles. The summed E-state index contributed by atoms with van der Waals surface area (Å²) in [7, 11) is -3.55. The highest BCUT2D eigenvalue weighted by atomic mass is 32.2. The average Bonchev–Trinajstić information content (AvgIpc) is 2.80. The van der Waals surface area contributed by atoms with Gasteiger partial charge in [0.05, 0.1) is 11.9 Å². The van der Waals surface area contributed by atoms with E-state index in [-0.39, 0.29) is 5.75 Å². The zero-order chi connectivity index (χ0) is 15.0. The number of aromatic amines is 1. The Balaban J connectivity index is 1.97. The molecule has 3 rings (SSSR count). The number of aromatic nitrogens is 4. The van der Waals surface area contributed by atoms with Gasteiger partial charge in [0.25, 0.3) is 0 Å². The molecule has 0 unspecified atom stereocenters. The topological polar surface area (TPSA) is 106 Å². The Morgan fingerprint density at radius 3 is 2.62 bits per heavy atom. The van der Waals surface area contributed by atoms with E-state index in [0.717, 1.165) is 11.8 Å². The second kappa shape index (κ2) is 4.70. The average molecular weight is 306 g/mol. The molecular weight excluding hydrogens is 296 g/mol. The van der Waals surface area contributed by atoms with Crippen molar-refractivity contribution in [2.45, 2.75) is 0 Å². The highest BCUT2D eigenvalue weighted by Gasteiger charge is 2.07. The third kappa shape index (κ3) is 2.92. The lowest BCUT2D eigenvalue weighted by Crippen LogP contribution is -2.11. The van der Waals surface area contributed by atoms with Gasteiger partial charge in [-0.1, -0.05) is 0 Å². The summed E-state index contributed by atoms with van der Waals surface area (Å²) in [5.74, 6) is 0.599. The maximum atomic E-state index is 11.1. The van der Waals surface area contributed by atoms with E-state index in [2.05, 4.69) is 15.0 Å². The smallest absolute Gasteiger partial charge is 0.349 e. The zero-order valence-electron chi connectivity index (χ0n) is 10.8. The van der Waals surface area contributed by atoms with E-state index in [1.165, 1.54) is 18.5 Å². The molecule has 8 nitrogen and oxygen atoms in total. The molecule has 0 radical (unpaired) electrons. The largest absolute Gasteiger partial charge is 0.383 e. The molecule has 21 heavy (non-hydrogen) atoms. The van der Waals surface area contributed by atoms with Crippen LogP contribution >= 0.6 is 0 Å². The van der Waals surface area contributed by atoms with E-state index in [4.69, 9.17) is 4.18 Å². The van der Waals surface area contributed by atoms with Gasteiger partial charge in [-0.3, -0.25) is 9.38 Å². The molecule has 0 atom stereocenters. The molecule has 0 saturated carbocycles. The lowest BCUT2D eigenvalue weighted by molar-refractivity contribution is 0.493. The Bertz CT molecular complexity index is 957. The van der Waals surface area contributed by atoms with Gasteiger partial charge in [-0.15, -0.1) is 0 Å². The van der Waals surface area contributed by atoms with Crippen LogP contribution in [0.5, 0.6) is 5.75 Å².